The number of aryl methyl sites for hydroxylation is 2. The van der Waals surface area contributed by atoms with Crippen LogP contribution in [0, 0.1) is 18.3 Å². The summed E-state index contributed by atoms with van der Waals surface area (Å²) in [5.74, 6) is 0.808. The first kappa shape index (κ1) is 16.6. The number of aromatic nitrogens is 2. The number of rotatable bonds is 1. The number of hydrogen-bond acceptors (Lipinski definition) is 2. The molecule has 0 bridgehead atoms. The third-order valence-electron chi connectivity index (χ3n) is 6.92. The molecule has 132 valence electrons. The van der Waals surface area contributed by atoms with Crippen LogP contribution in [-0.4, -0.2) is 15.6 Å². The molecule has 1 aromatic heterocycles. The third kappa shape index (κ3) is 2.24. The van der Waals surface area contributed by atoms with Gasteiger partial charge >= 0.3 is 0 Å². The van der Waals surface area contributed by atoms with Crippen molar-refractivity contribution >= 4 is 5.78 Å². The highest BCUT2D eigenvalue weighted by atomic mass is 16.1. The lowest BCUT2D eigenvalue weighted by Crippen LogP contribution is -2.52. The maximum Gasteiger partial charge on any atom is 0.138 e. The monoisotopic (exact) mass is 336 g/mol. The van der Waals surface area contributed by atoms with Crippen molar-refractivity contribution in [1.29, 1.82) is 0 Å². The summed E-state index contributed by atoms with van der Waals surface area (Å²) in [5, 5.41) is 5.00. The van der Waals surface area contributed by atoms with Crippen molar-refractivity contribution in [1.82, 2.24) is 9.78 Å². The molecule has 2 aliphatic rings. The molecular formula is C22H28N2O. The summed E-state index contributed by atoms with van der Waals surface area (Å²) < 4.78 is 2.06. The van der Waals surface area contributed by atoms with Crippen molar-refractivity contribution in [3.63, 3.8) is 0 Å². The molecule has 1 heterocycles. The Bertz CT molecular complexity index is 844. The van der Waals surface area contributed by atoms with Gasteiger partial charge in [-0.3, -0.25) is 9.48 Å². The SMILES string of the molecule is Cc1ccc(-c2c3c(nn2C)[C@@]2(C)CCC(=O)C(C)(C)[C@@H]2CC3)cc1. The van der Waals surface area contributed by atoms with Crippen molar-refractivity contribution in [3.8, 4) is 11.3 Å². The van der Waals surface area contributed by atoms with E-state index in [9.17, 15) is 4.79 Å². The molecule has 1 aromatic carbocycles. The standard InChI is InChI=1S/C22H28N2O/c1-14-6-8-15(9-7-14)19-16-10-11-17-21(2,3)18(25)12-13-22(17,4)20(16)23-24(19)5/h6-9,17H,10-13H2,1-5H3/t17-,22-/m0/s1. The molecule has 0 unspecified atom stereocenters. The summed E-state index contributed by atoms with van der Waals surface area (Å²) in [6.07, 6.45) is 3.70. The number of ketones is 1. The lowest BCUT2D eigenvalue weighted by molar-refractivity contribution is -0.137. The van der Waals surface area contributed by atoms with Crippen LogP contribution in [0.3, 0.4) is 0 Å². The van der Waals surface area contributed by atoms with Gasteiger partial charge in [-0.25, -0.2) is 0 Å². The van der Waals surface area contributed by atoms with Gasteiger partial charge in [0.2, 0.25) is 0 Å². The van der Waals surface area contributed by atoms with Gasteiger partial charge in [-0.15, -0.1) is 0 Å². The van der Waals surface area contributed by atoms with Gasteiger partial charge in [-0.2, -0.15) is 5.10 Å². The minimum atomic E-state index is -0.244. The first-order chi connectivity index (χ1) is 11.7. The smallest absolute Gasteiger partial charge is 0.138 e. The maximum atomic E-state index is 12.5. The molecule has 2 aromatic rings. The summed E-state index contributed by atoms with van der Waals surface area (Å²) in [5.41, 5.74) is 6.18. The van der Waals surface area contributed by atoms with E-state index in [2.05, 4.69) is 63.7 Å². The summed E-state index contributed by atoms with van der Waals surface area (Å²) >= 11 is 0. The molecule has 1 saturated carbocycles. The number of Topliss-reactive ketones (excluding diaryl/α,β-unsaturated/α-hetero) is 1. The second-order valence-corrected chi connectivity index (χ2v) is 8.82. The highest BCUT2D eigenvalue weighted by molar-refractivity contribution is 5.86. The zero-order valence-corrected chi connectivity index (χ0v) is 16.0. The molecule has 1 fully saturated rings. The van der Waals surface area contributed by atoms with Crippen LogP contribution in [0.1, 0.15) is 56.9 Å². The minimum absolute atomic E-state index is 0.00566. The van der Waals surface area contributed by atoms with Crippen LogP contribution in [-0.2, 0) is 23.7 Å². The van der Waals surface area contributed by atoms with E-state index in [0.717, 1.165) is 19.3 Å². The Hall–Kier alpha value is -1.90. The molecule has 0 radical (unpaired) electrons. The van der Waals surface area contributed by atoms with Gasteiger partial charge < -0.3 is 0 Å². The van der Waals surface area contributed by atoms with Gasteiger partial charge in [0.25, 0.3) is 0 Å². The van der Waals surface area contributed by atoms with Gasteiger partial charge in [0.1, 0.15) is 5.78 Å². The quantitative estimate of drug-likeness (QED) is 0.762. The van der Waals surface area contributed by atoms with Crippen LogP contribution < -0.4 is 0 Å². The van der Waals surface area contributed by atoms with Crippen molar-refractivity contribution < 1.29 is 4.79 Å². The molecule has 4 rings (SSSR count). The van der Waals surface area contributed by atoms with E-state index in [0.29, 0.717) is 18.1 Å². The summed E-state index contributed by atoms with van der Waals surface area (Å²) in [4.78, 5) is 12.5. The number of hydrogen-bond donors (Lipinski definition) is 0. The average molecular weight is 336 g/mol. The van der Waals surface area contributed by atoms with Crippen LogP contribution in [0.25, 0.3) is 11.3 Å². The zero-order chi connectivity index (χ0) is 18.0. The van der Waals surface area contributed by atoms with Crippen molar-refractivity contribution in [2.75, 3.05) is 0 Å². The van der Waals surface area contributed by atoms with Crippen LogP contribution in [0.5, 0.6) is 0 Å². The lowest BCUT2D eigenvalue weighted by Gasteiger charge is -2.51. The van der Waals surface area contributed by atoms with Crippen LogP contribution >= 0.6 is 0 Å². The molecule has 2 atom stereocenters. The topological polar surface area (TPSA) is 34.9 Å². The maximum absolute atomic E-state index is 12.5. The van der Waals surface area contributed by atoms with Gasteiger partial charge in [-0.05, 0) is 32.1 Å². The molecule has 2 aliphatic carbocycles. The van der Waals surface area contributed by atoms with Crippen molar-refractivity contribution in [3.05, 3.63) is 41.1 Å². The van der Waals surface area contributed by atoms with Crippen molar-refractivity contribution in [2.45, 2.75) is 58.8 Å². The lowest BCUT2D eigenvalue weighted by atomic mass is 9.51. The molecule has 0 amide bonds. The predicted octanol–water partition coefficient (Wildman–Crippen LogP) is 4.60. The molecule has 0 N–H and O–H groups in total. The molecule has 0 saturated heterocycles. The molecule has 3 nitrogen and oxygen atoms in total. The highest BCUT2D eigenvalue weighted by Crippen LogP contribution is 2.56. The highest BCUT2D eigenvalue weighted by Gasteiger charge is 2.55. The Morgan fingerprint density at radius 2 is 1.80 bits per heavy atom. The number of carbonyl (C=O) groups excluding carboxylic acids is 1. The van der Waals surface area contributed by atoms with E-state index >= 15 is 0 Å². The Labute approximate surface area is 150 Å². The van der Waals surface area contributed by atoms with E-state index in [1.54, 1.807) is 0 Å². The Morgan fingerprint density at radius 3 is 2.48 bits per heavy atom. The van der Waals surface area contributed by atoms with Crippen molar-refractivity contribution in [2.24, 2.45) is 18.4 Å². The Balaban J connectivity index is 1.86. The van der Waals surface area contributed by atoms with E-state index in [1.165, 1.54) is 28.1 Å². The summed E-state index contributed by atoms with van der Waals surface area (Å²) in [6.45, 7) is 8.75. The van der Waals surface area contributed by atoms with Gasteiger partial charge in [0.05, 0.1) is 11.4 Å². The number of carbonyl (C=O) groups is 1. The largest absolute Gasteiger partial charge is 0.299 e. The fourth-order valence-electron chi connectivity index (χ4n) is 5.45. The van der Waals surface area contributed by atoms with E-state index in [1.807, 2.05) is 0 Å². The van der Waals surface area contributed by atoms with E-state index in [4.69, 9.17) is 5.10 Å². The van der Waals surface area contributed by atoms with E-state index < -0.39 is 0 Å². The number of fused-ring (bicyclic) bond motifs is 3. The Kier molecular flexibility index (Phi) is 3.51. The first-order valence-corrected chi connectivity index (χ1v) is 9.42. The fraction of sp³-hybridized carbons (Fsp3) is 0.545. The van der Waals surface area contributed by atoms with Crippen LogP contribution in [0.4, 0.5) is 0 Å². The van der Waals surface area contributed by atoms with Crippen LogP contribution in [0.2, 0.25) is 0 Å². The van der Waals surface area contributed by atoms with Gasteiger partial charge in [0.15, 0.2) is 0 Å². The molecule has 25 heavy (non-hydrogen) atoms. The fourth-order valence-corrected chi connectivity index (χ4v) is 5.45. The average Bonchev–Trinajstić information content (AvgIpc) is 2.90. The normalized spacial score (nSPS) is 27.7. The zero-order valence-electron chi connectivity index (χ0n) is 16.0. The second-order valence-electron chi connectivity index (χ2n) is 8.82. The number of benzene rings is 1. The van der Waals surface area contributed by atoms with E-state index in [-0.39, 0.29) is 10.8 Å². The molecule has 3 heteroatoms. The summed E-state index contributed by atoms with van der Waals surface area (Å²) in [7, 11) is 2.06. The first-order valence-electron chi connectivity index (χ1n) is 9.42. The van der Waals surface area contributed by atoms with Gasteiger partial charge in [-0.1, -0.05) is 50.6 Å². The molecule has 0 spiro atoms. The molecule has 0 aliphatic heterocycles. The van der Waals surface area contributed by atoms with Crippen LogP contribution in [0.15, 0.2) is 24.3 Å². The van der Waals surface area contributed by atoms with Gasteiger partial charge in [0, 0.05) is 35.4 Å². The second kappa shape index (κ2) is 5.30. The Morgan fingerprint density at radius 1 is 1.12 bits per heavy atom. The number of nitrogens with zero attached hydrogens (tertiary/aromatic N) is 2. The summed E-state index contributed by atoms with van der Waals surface area (Å²) in [6, 6.07) is 8.75. The minimum Gasteiger partial charge on any atom is -0.299 e. The molecular weight excluding hydrogens is 308 g/mol. The predicted molar refractivity (Wildman–Crippen MR) is 101 cm³/mol. The third-order valence-corrected chi connectivity index (χ3v) is 6.92.